The molecule has 0 aromatic carbocycles. The molecule has 0 radical (unpaired) electrons. The molecule has 2 rings (SSSR count). The number of carbonyl (C=O) groups excluding carboxylic acids is 1. The number of nitrogens with two attached hydrogens (primary N) is 1. The van der Waals surface area contributed by atoms with Gasteiger partial charge in [-0.05, 0) is 62.5 Å². The van der Waals surface area contributed by atoms with Crippen LogP contribution < -0.4 is 11.1 Å². The van der Waals surface area contributed by atoms with Crippen molar-refractivity contribution in [1.82, 2.24) is 5.32 Å². The van der Waals surface area contributed by atoms with Crippen LogP contribution in [0.3, 0.4) is 0 Å². The van der Waals surface area contributed by atoms with Gasteiger partial charge in [0, 0.05) is 6.54 Å². The summed E-state index contributed by atoms with van der Waals surface area (Å²) in [4.78, 5) is 11.1. The topological polar surface area (TPSA) is 64.4 Å². The number of nitrogens with one attached hydrogen (secondary N) is 1. The molecule has 6 heteroatoms. The molecular weight excluding hydrogens is 410 g/mol. The predicted molar refractivity (Wildman–Crippen MR) is 131 cm³/mol. The fourth-order valence-corrected chi connectivity index (χ4v) is 3.31. The Morgan fingerprint density at radius 1 is 1.28 bits per heavy atom. The van der Waals surface area contributed by atoms with E-state index >= 15 is 0 Å². The van der Waals surface area contributed by atoms with Crippen molar-refractivity contribution in [3.63, 3.8) is 0 Å². The van der Waals surface area contributed by atoms with Crippen molar-refractivity contribution in [2.24, 2.45) is 5.73 Å². The summed E-state index contributed by atoms with van der Waals surface area (Å²) in [5, 5.41) is 2.51. The summed E-state index contributed by atoms with van der Waals surface area (Å²) in [6, 6.07) is 0. The zero-order valence-corrected chi connectivity index (χ0v) is 20.4. The Labute approximate surface area is 193 Å². The highest BCUT2D eigenvalue weighted by molar-refractivity contribution is 5.76. The van der Waals surface area contributed by atoms with Gasteiger partial charge in [-0.2, -0.15) is 0 Å². The lowest BCUT2D eigenvalue weighted by molar-refractivity contribution is -0.121. The third kappa shape index (κ3) is 10.5. The van der Waals surface area contributed by atoms with Crippen molar-refractivity contribution >= 4 is 5.91 Å². The van der Waals surface area contributed by atoms with Crippen LogP contribution in [0.5, 0.6) is 0 Å². The lowest BCUT2D eigenvalue weighted by Crippen LogP contribution is -2.28. The van der Waals surface area contributed by atoms with E-state index in [0.717, 1.165) is 38.0 Å². The highest BCUT2D eigenvalue weighted by Gasteiger charge is 2.37. The van der Waals surface area contributed by atoms with Crippen molar-refractivity contribution in [2.45, 2.75) is 78.5 Å². The third-order valence-electron chi connectivity index (χ3n) is 5.18. The van der Waals surface area contributed by atoms with Gasteiger partial charge in [0.15, 0.2) is 0 Å². The van der Waals surface area contributed by atoms with Crippen LogP contribution in [-0.4, -0.2) is 37.4 Å². The number of allylic oxidation sites excluding steroid dienone is 6. The largest absolute Gasteiger partial charge is 0.366 e. The number of alkyl halides is 1. The molecule has 1 unspecified atom stereocenters. The summed E-state index contributed by atoms with van der Waals surface area (Å²) in [6.07, 6.45) is 14.3. The molecule has 1 atom stereocenters. The summed E-state index contributed by atoms with van der Waals surface area (Å²) in [7, 11) is 0. The summed E-state index contributed by atoms with van der Waals surface area (Å²) in [5.41, 5.74) is 8.02. The van der Waals surface area contributed by atoms with Gasteiger partial charge >= 0.3 is 0 Å². The van der Waals surface area contributed by atoms with Crippen LogP contribution in [0.1, 0.15) is 66.7 Å². The minimum Gasteiger partial charge on any atom is -0.366 e. The molecular formula is C26H42F2N2O2. The molecule has 32 heavy (non-hydrogen) atoms. The fraction of sp³-hybridized carbons (Fsp3) is 0.577. The molecule has 2 aliphatic rings. The summed E-state index contributed by atoms with van der Waals surface area (Å²) in [6.45, 7) is 11.6. The number of hydrogen-bond donors (Lipinski definition) is 2. The molecule has 0 spiro atoms. The van der Waals surface area contributed by atoms with Gasteiger partial charge in [0.2, 0.25) is 5.91 Å². The quantitative estimate of drug-likeness (QED) is 0.332. The number of ether oxygens (including phenoxy) is 1. The monoisotopic (exact) mass is 452 g/mol. The van der Waals surface area contributed by atoms with Crippen LogP contribution in [0.2, 0.25) is 0 Å². The number of carbonyl (C=O) groups is 1. The molecule has 0 saturated heterocycles. The van der Waals surface area contributed by atoms with Crippen molar-refractivity contribution in [3.8, 4) is 0 Å². The van der Waals surface area contributed by atoms with Crippen LogP contribution >= 0.6 is 0 Å². The molecule has 4 nitrogen and oxygen atoms in total. The van der Waals surface area contributed by atoms with Crippen molar-refractivity contribution in [3.05, 3.63) is 59.5 Å². The zero-order chi connectivity index (χ0) is 24.4. The predicted octanol–water partition coefficient (Wildman–Crippen LogP) is 6.02. The molecule has 0 aromatic heterocycles. The van der Waals surface area contributed by atoms with Gasteiger partial charge in [-0.15, -0.1) is 0 Å². The van der Waals surface area contributed by atoms with E-state index in [1.807, 2.05) is 13.8 Å². The number of hydrogen-bond acceptors (Lipinski definition) is 3. The average Bonchev–Trinajstić information content (AvgIpc) is 2.99. The Kier molecular flexibility index (Phi) is 16.4. The van der Waals surface area contributed by atoms with Gasteiger partial charge in [-0.3, -0.25) is 4.79 Å². The van der Waals surface area contributed by atoms with Crippen LogP contribution in [0.4, 0.5) is 8.78 Å². The highest BCUT2D eigenvalue weighted by atomic mass is 19.1. The van der Waals surface area contributed by atoms with Gasteiger partial charge in [-0.1, -0.05) is 58.1 Å². The SMILES string of the molecule is C/C=C(F)\C=C/C(F)CC(=O)NCCCN.CC.CCC1(CC)OCC2=C1C=CCC=C2. The van der Waals surface area contributed by atoms with Crippen LogP contribution in [0.15, 0.2) is 59.5 Å². The highest BCUT2D eigenvalue weighted by Crippen LogP contribution is 2.39. The van der Waals surface area contributed by atoms with E-state index in [4.69, 9.17) is 10.5 Å². The third-order valence-corrected chi connectivity index (χ3v) is 5.18. The first-order valence-corrected chi connectivity index (χ1v) is 11.7. The van der Waals surface area contributed by atoms with Crippen LogP contribution in [0, 0.1) is 0 Å². The maximum absolute atomic E-state index is 13.1. The molecule has 0 fully saturated rings. The van der Waals surface area contributed by atoms with Gasteiger partial charge < -0.3 is 15.8 Å². The average molecular weight is 453 g/mol. The Balaban J connectivity index is 0.000000559. The van der Waals surface area contributed by atoms with Crippen LogP contribution in [0.25, 0.3) is 0 Å². The first-order chi connectivity index (χ1) is 15.4. The second-order valence-electron chi connectivity index (χ2n) is 7.21. The van der Waals surface area contributed by atoms with Crippen molar-refractivity contribution in [1.29, 1.82) is 0 Å². The van der Waals surface area contributed by atoms with Gasteiger partial charge in [-0.25, -0.2) is 8.78 Å². The molecule has 3 N–H and O–H groups in total. The molecule has 182 valence electrons. The number of halogens is 2. The number of rotatable bonds is 9. The minimum atomic E-state index is -1.47. The van der Waals surface area contributed by atoms with E-state index < -0.39 is 17.9 Å². The maximum Gasteiger partial charge on any atom is 0.223 e. The summed E-state index contributed by atoms with van der Waals surface area (Å²) >= 11 is 0. The second-order valence-corrected chi connectivity index (χ2v) is 7.21. The molecule has 1 heterocycles. The lowest BCUT2D eigenvalue weighted by Gasteiger charge is -2.28. The van der Waals surface area contributed by atoms with Crippen molar-refractivity contribution in [2.75, 3.05) is 19.7 Å². The van der Waals surface area contributed by atoms with E-state index in [-0.39, 0.29) is 12.0 Å². The Hall–Kier alpha value is -2.05. The summed E-state index contributed by atoms with van der Waals surface area (Å²) < 4.78 is 31.6. The standard InChI is InChI=1S/C13H18O.C11H18F2N2O.C2H6/c1-3-13(4-2)12-9-7-5-6-8-11(12)10-14-13;1-2-9(12)4-5-10(13)8-11(16)15-7-3-6-14;1-2/h6-9H,3-5,10H2,1-2H3;2,4-5,10H,3,6-8,14H2,1H3,(H,15,16);1-2H3/b;5-4-,9-2+;. The molecule has 0 aromatic rings. The van der Waals surface area contributed by atoms with E-state index in [2.05, 4.69) is 43.5 Å². The zero-order valence-electron chi connectivity index (χ0n) is 20.4. The van der Waals surface area contributed by atoms with E-state index in [1.165, 1.54) is 24.1 Å². The van der Waals surface area contributed by atoms with E-state index in [9.17, 15) is 13.6 Å². The smallest absolute Gasteiger partial charge is 0.223 e. The first-order valence-electron chi connectivity index (χ1n) is 11.7. The molecule has 1 amide bonds. The fourth-order valence-electron chi connectivity index (χ4n) is 3.31. The van der Waals surface area contributed by atoms with Gasteiger partial charge in [0.25, 0.3) is 0 Å². The Morgan fingerprint density at radius 3 is 2.53 bits per heavy atom. The molecule has 1 aliphatic carbocycles. The first kappa shape index (κ1) is 29.9. The van der Waals surface area contributed by atoms with E-state index in [0.29, 0.717) is 19.5 Å². The Morgan fingerprint density at radius 2 is 1.94 bits per heavy atom. The molecule has 1 aliphatic heterocycles. The maximum atomic E-state index is 13.1. The van der Waals surface area contributed by atoms with Crippen LogP contribution in [-0.2, 0) is 9.53 Å². The molecule has 0 bridgehead atoms. The summed E-state index contributed by atoms with van der Waals surface area (Å²) in [5.74, 6) is -0.919. The lowest BCUT2D eigenvalue weighted by atomic mass is 9.87. The van der Waals surface area contributed by atoms with Crippen molar-refractivity contribution < 1.29 is 18.3 Å². The Bertz CT molecular complexity index is 690. The van der Waals surface area contributed by atoms with Gasteiger partial charge in [0.05, 0.1) is 18.6 Å². The van der Waals surface area contributed by atoms with E-state index in [1.54, 1.807) is 0 Å². The number of amides is 1. The minimum absolute atomic E-state index is 0.000509. The van der Waals surface area contributed by atoms with Gasteiger partial charge in [0.1, 0.15) is 12.0 Å². The molecule has 0 saturated carbocycles. The normalized spacial score (nSPS) is 17.7. The second kappa shape index (κ2) is 17.5.